The third-order valence-electron chi connectivity index (χ3n) is 2.52. The highest BCUT2D eigenvalue weighted by molar-refractivity contribution is 5.86. The van der Waals surface area contributed by atoms with Gasteiger partial charge in [-0.25, -0.2) is 4.79 Å². The van der Waals surface area contributed by atoms with Crippen molar-refractivity contribution in [3.63, 3.8) is 0 Å². The normalized spacial score (nSPS) is 12.4. The molecule has 3 heteroatoms. The van der Waals surface area contributed by atoms with Crippen LogP contribution in [0.3, 0.4) is 0 Å². The van der Waals surface area contributed by atoms with Crippen LogP contribution in [0.15, 0.2) is 11.3 Å². The monoisotopic (exact) mass is 214 g/mol. The van der Waals surface area contributed by atoms with E-state index < -0.39 is 5.97 Å². The van der Waals surface area contributed by atoms with Crippen LogP contribution in [0, 0.1) is 0 Å². The van der Waals surface area contributed by atoms with Gasteiger partial charge in [-0.3, -0.25) is 0 Å². The van der Waals surface area contributed by atoms with E-state index in [2.05, 4.69) is 6.92 Å². The zero-order valence-corrected chi connectivity index (χ0v) is 9.75. The summed E-state index contributed by atoms with van der Waals surface area (Å²) in [5.41, 5.74) is 0.0727. The topological polar surface area (TPSA) is 57.5 Å². The first kappa shape index (κ1) is 14.0. The predicted octanol–water partition coefficient (Wildman–Crippen LogP) is 3.65. The number of hydrogen-bond donors (Lipinski definition) is 2. The Bertz CT molecular complexity index is 219. The molecule has 0 radical (unpaired) electrons. The molecule has 0 amide bonds. The molecule has 0 aliphatic carbocycles. The molecule has 0 atom stereocenters. The molecular weight excluding hydrogens is 192 g/mol. The van der Waals surface area contributed by atoms with Gasteiger partial charge < -0.3 is 10.2 Å². The summed E-state index contributed by atoms with van der Waals surface area (Å²) in [5, 5.41) is 18.0. The van der Waals surface area contributed by atoms with Gasteiger partial charge in [-0.05, 0) is 13.3 Å². The molecule has 0 saturated carbocycles. The van der Waals surface area contributed by atoms with E-state index in [1.54, 1.807) is 0 Å². The summed E-state index contributed by atoms with van der Waals surface area (Å²) >= 11 is 0. The number of rotatable bonds is 8. The number of aliphatic hydroxyl groups excluding tert-OH is 1. The van der Waals surface area contributed by atoms with Crippen LogP contribution in [0.4, 0.5) is 0 Å². The number of unbranched alkanes of at least 4 members (excludes halogenated alkanes) is 5. The van der Waals surface area contributed by atoms with Crippen molar-refractivity contribution in [3.05, 3.63) is 11.3 Å². The van der Waals surface area contributed by atoms with E-state index in [-0.39, 0.29) is 11.3 Å². The first-order valence-corrected chi connectivity index (χ1v) is 5.71. The lowest BCUT2D eigenvalue weighted by molar-refractivity contribution is -0.132. The van der Waals surface area contributed by atoms with Gasteiger partial charge in [-0.1, -0.05) is 39.0 Å². The van der Waals surface area contributed by atoms with Crippen molar-refractivity contribution in [2.45, 2.75) is 58.8 Å². The van der Waals surface area contributed by atoms with Crippen LogP contribution >= 0.6 is 0 Å². The molecule has 0 saturated heterocycles. The van der Waals surface area contributed by atoms with Crippen LogP contribution in [0.25, 0.3) is 0 Å². The van der Waals surface area contributed by atoms with Crippen LogP contribution < -0.4 is 0 Å². The second kappa shape index (κ2) is 8.33. The molecule has 0 fully saturated rings. The average Bonchev–Trinajstić information content (AvgIpc) is 2.21. The molecule has 0 spiro atoms. The standard InChI is InChI=1S/C12H22O3/c1-3-4-5-6-7-8-9-11(13)10(2)12(14)15/h13H,3-9H2,1-2H3,(H,14,15). The molecule has 2 N–H and O–H groups in total. The SMILES string of the molecule is CCCCCCCCC(O)=C(C)C(=O)O. The van der Waals surface area contributed by atoms with Crippen LogP contribution in [-0.2, 0) is 4.79 Å². The third kappa shape index (κ3) is 7.00. The number of carboxylic acids is 1. The fourth-order valence-corrected chi connectivity index (χ4v) is 1.38. The van der Waals surface area contributed by atoms with Crippen molar-refractivity contribution >= 4 is 5.97 Å². The van der Waals surface area contributed by atoms with E-state index in [4.69, 9.17) is 5.11 Å². The number of aliphatic hydroxyl groups is 1. The fraction of sp³-hybridized carbons (Fsp3) is 0.750. The maximum absolute atomic E-state index is 10.5. The van der Waals surface area contributed by atoms with Crippen molar-refractivity contribution in [3.8, 4) is 0 Å². The van der Waals surface area contributed by atoms with Crippen molar-refractivity contribution < 1.29 is 15.0 Å². The Morgan fingerprint density at radius 2 is 1.53 bits per heavy atom. The molecule has 15 heavy (non-hydrogen) atoms. The number of aliphatic carboxylic acids is 1. The zero-order chi connectivity index (χ0) is 11.7. The lowest BCUT2D eigenvalue weighted by Crippen LogP contribution is -2.01. The van der Waals surface area contributed by atoms with Gasteiger partial charge in [0.25, 0.3) is 0 Å². The van der Waals surface area contributed by atoms with E-state index in [0.717, 1.165) is 12.8 Å². The number of allylic oxidation sites excluding steroid dienone is 1. The zero-order valence-electron chi connectivity index (χ0n) is 9.75. The van der Waals surface area contributed by atoms with E-state index in [9.17, 15) is 9.90 Å². The summed E-state index contributed by atoms with van der Waals surface area (Å²) in [6.45, 7) is 3.61. The Kier molecular flexibility index (Phi) is 7.78. The van der Waals surface area contributed by atoms with Crippen molar-refractivity contribution in [2.24, 2.45) is 0 Å². The lowest BCUT2D eigenvalue weighted by atomic mass is 10.1. The molecule has 88 valence electrons. The highest BCUT2D eigenvalue weighted by Gasteiger charge is 2.07. The molecule has 0 unspecified atom stereocenters. The van der Waals surface area contributed by atoms with Crippen molar-refractivity contribution in [1.82, 2.24) is 0 Å². The number of hydrogen-bond acceptors (Lipinski definition) is 2. The molecule has 0 aromatic rings. The van der Waals surface area contributed by atoms with Gasteiger partial charge in [0.2, 0.25) is 0 Å². The highest BCUT2D eigenvalue weighted by Crippen LogP contribution is 2.12. The Hall–Kier alpha value is -0.990. The fourth-order valence-electron chi connectivity index (χ4n) is 1.38. The molecule has 0 aromatic carbocycles. The predicted molar refractivity (Wildman–Crippen MR) is 61.0 cm³/mol. The maximum Gasteiger partial charge on any atom is 0.334 e. The summed E-state index contributed by atoms with van der Waals surface area (Å²) in [6.07, 6.45) is 7.33. The summed E-state index contributed by atoms with van der Waals surface area (Å²) in [6, 6.07) is 0. The van der Waals surface area contributed by atoms with Gasteiger partial charge in [0.1, 0.15) is 5.76 Å². The molecule has 0 rings (SSSR count). The molecule has 0 aromatic heterocycles. The molecule has 3 nitrogen and oxygen atoms in total. The maximum atomic E-state index is 10.5. The van der Waals surface area contributed by atoms with E-state index >= 15 is 0 Å². The first-order chi connectivity index (χ1) is 7.09. The Labute approximate surface area is 91.8 Å². The van der Waals surface area contributed by atoms with Gasteiger partial charge >= 0.3 is 5.97 Å². The summed E-state index contributed by atoms with van der Waals surface area (Å²) in [7, 11) is 0. The molecule has 0 bridgehead atoms. The van der Waals surface area contributed by atoms with Crippen LogP contribution in [0.5, 0.6) is 0 Å². The minimum Gasteiger partial charge on any atom is -0.512 e. The van der Waals surface area contributed by atoms with E-state index in [1.165, 1.54) is 32.6 Å². The minimum atomic E-state index is -1.03. The second-order valence-electron chi connectivity index (χ2n) is 3.89. The second-order valence-corrected chi connectivity index (χ2v) is 3.89. The van der Waals surface area contributed by atoms with Gasteiger partial charge in [-0.2, -0.15) is 0 Å². The number of carbonyl (C=O) groups is 1. The summed E-state index contributed by atoms with van der Waals surface area (Å²) in [5.74, 6) is -1.00. The summed E-state index contributed by atoms with van der Waals surface area (Å²) in [4.78, 5) is 10.5. The lowest BCUT2D eigenvalue weighted by Gasteiger charge is -2.03. The Balaban J connectivity index is 3.59. The highest BCUT2D eigenvalue weighted by atomic mass is 16.4. The average molecular weight is 214 g/mol. The van der Waals surface area contributed by atoms with Crippen LogP contribution in [0.1, 0.15) is 58.8 Å². The molecule has 0 aliphatic rings. The Morgan fingerprint density at radius 1 is 1.00 bits per heavy atom. The van der Waals surface area contributed by atoms with E-state index in [1.807, 2.05) is 0 Å². The van der Waals surface area contributed by atoms with Crippen molar-refractivity contribution in [1.29, 1.82) is 0 Å². The quantitative estimate of drug-likeness (QED) is 0.368. The molecule has 0 aliphatic heterocycles. The smallest absolute Gasteiger partial charge is 0.334 e. The minimum absolute atomic E-state index is 0.0259. The number of carboxylic acid groups (broad SMARTS) is 1. The third-order valence-corrected chi connectivity index (χ3v) is 2.52. The van der Waals surface area contributed by atoms with Gasteiger partial charge in [0.05, 0.1) is 5.57 Å². The van der Waals surface area contributed by atoms with Gasteiger partial charge in [0.15, 0.2) is 0 Å². The van der Waals surface area contributed by atoms with Gasteiger partial charge in [-0.15, -0.1) is 0 Å². The molecule has 0 heterocycles. The Morgan fingerprint density at radius 3 is 2.07 bits per heavy atom. The summed E-state index contributed by atoms with van der Waals surface area (Å²) < 4.78 is 0. The van der Waals surface area contributed by atoms with Crippen molar-refractivity contribution in [2.75, 3.05) is 0 Å². The van der Waals surface area contributed by atoms with E-state index in [0.29, 0.717) is 6.42 Å². The van der Waals surface area contributed by atoms with Gasteiger partial charge in [0, 0.05) is 6.42 Å². The van der Waals surface area contributed by atoms with Crippen LogP contribution in [0.2, 0.25) is 0 Å². The first-order valence-electron chi connectivity index (χ1n) is 5.71. The van der Waals surface area contributed by atoms with Crippen LogP contribution in [-0.4, -0.2) is 16.2 Å². The largest absolute Gasteiger partial charge is 0.512 e. The molecular formula is C12H22O3.